The molecule has 2 rings (SSSR count). The van der Waals surface area contributed by atoms with E-state index in [1.807, 2.05) is 0 Å². The van der Waals surface area contributed by atoms with Gasteiger partial charge in [-0.3, -0.25) is 4.90 Å². The topological polar surface area (TPSA) is 38.5 Å². The van der Waals surface area contributed by atoms with Crippen LogP contribution in [0.2, 0.25) is 0 Å². The predicted octanol–water partition coefficient (Wildman–Crippen LogP) is 2.40. The van der Waals surface area contributed by atoms with Crippen molar-refractivity contribution in [3.05, 3.63) is 35.9 Å². The Bertz CT molecular complexity index is 374. The molecule has 2 N–H and O–H groups in total. The Morgan fingerprint density at radius 1 is 1.26 bits per heavy atom. The van der Waals surface area contributed by atoms with E-state index in [1.54, 1.807) is 0 Å². The average molecular weight is 262 g/mol. The monoisotopic (exact) mass is 262 g/mol. The quantitative estimate of drug-likeness (QED) is 0.820. The number of hydrogen-bond acceptors (Lipinski definition) is 3. The van der Waals surface area contributed by atoms with Crippen molar-refractivity contribution in [3.8, 4) is 0 Å². The lowest BCUT2D eigenvalue weighted by Gasteiger charge is -2.53. The lowest BCUT2D eigenvalue weighted by atomic mass is 9.72. The fourth-order valence-electron chi connectivity index (χ4n) is 3.11. The zero-order valence-corrected chi connectivity index (χ0v) is 12.1. The molecule has 1 saturated carbocycles. The first-order valence-electron chi connectivity index (χ1n) is 7.34. The van der Waals surface area contributed by atoms with Crippen molar-refractivity contribution in [2.75, 3.05) is 19.7 Å². The van der Waals surface area contributed by atoms with E-state index in [2.05, 4.69) is 49.1 Å². The summed E-state index contributed by atoms with van der Waals surface area (Å²) in [6.45, 7) is 7.81. The lowest BCUT2D eigenvalue weighted by Crippen LogP contribution is -2.63. The maximum atomic E-state index is 6.06. The van der Waals surface area contributed by atoms with E-state index in [1.165, 1.54) is 5.56 Å². The summed E-state index contributed by atoms with van der Waals surface area (Å²) >= 11 is 0. The minimum absolute atomic E-state index is 0.143. The highest BCUT2D eigenvalue weighted by Gasteiger charge is 2.47. The molecule has 0 saturated heterocycles. The Labute approximate surface area is 116 Å². The molecule has 1 aliphatic rings. The van der Waals surface area contributed by atoms with Crippen molar-refractivity contribution in [1.29, 1.82) is 0 Å². The highest BCUT2D eigenvalue weighted by Crippen LogP contribution is 2.39. The van der Waals surface area contributed by atoms with Crippen LogP contribution >= 0.6 is 0 Å². The minimum atomic E-state index is 0.143. The number of benzene rings is 1. The Balaban J connectivity index is 2.00. The van der Waals surface area contributed by atoms with Gasteiger partial charge in [0.25, 0.3) is 0 Å². The second-order valence-electron chi connectivity index (χ2n) is 5.41. The largest absolute Gasteiger partial charge is 0.378 e. The van der Waals surface area contributed by atoms with E-state index >= 15 is 0 Å². The fraction of sp³-hybridized carbons (Fsp3) is 0.625. The van der Waals surface area contributed by atoms with E-state index in [0.717, 1.165) is 39.1 Å². The third-order valence-electron chi connectivity index (χ3n) is 4.27. The molecule has 106 valence electrons. The van der Waals surface area contributed by atoms with Crippen LogP contribution in [0.3, 0.4) is 0 Å². The van der Waals surface area contributed by atoms with Crippen molar-refractivity contribution in [1.82, 2.24) is 4.90 Å². The van der Waals surface area contributed by atoms with Crippen molar-refractivity contribution in [2.24, 2.45) is 5.73 Å². The number of rotatable bonds is 7. The Hall–Kier alpha value is -0.900. The summed E-state index contributed by atoms with van der Waals surface area (Å²) in [6.07, 6.45) is 2.54. The Morgan fingerprint density at radius 3 is 2.47 bits per heavy atom. The van der Waals surface area contributed by atoms with Gasteiger partial charge in [-0.05, 0) is 31.9 Å². The second kappa shape index (κ2) is 6.51. The molecule has 3 heteroatoms. The highest BCUT2D eigenvalue weighted by atomic mass is 16.5. The molecule has 0 heterocycles. The maximum absolute atomic E-state index is 6.06. The van der Waals surface area contributed by atoms with Crippen LogP contribution in [-0.4, -0.2) is 36.2 Å². The van der Waals surface area contributed by atoms with Crippen LogP contribution in [0, 0.1) is 0 Å². The molecule has 1 aliphatic carbocycles. The predicted molar refractivity (Wildman–Crippen MR) is 79.0 cm³/mol. The van der Waals surface area contributed by atoms with Crippen LogP contribution in [0.15, 0.2) is 30.3 Å². The first-order chi connectivity index (χ1) is 9.24. The van der Waals surface area contributed by atoms with Gasteiger partial charge in [-0.15, -0.1) is 0 Å². The number of hydrogen-bond donors (Lipinski definition) is 1. The maximum Gasteiger partial charge on any atom is 0.0611 e. The van der Waals surface area contributed by atoms with Crippen molar-refractivity contribution < 1.29 is 4.74 Å². The smallest absolute Gasteiger partial charge is 0.0611 e. The van der Waals surface area contributed by atoms with Crippen molar-refractivity contribution in [2.45, 2.75) is 44.9 Å². The summed E-state index contributed by atoms with van der Waals surface area (Å²) in [7, 11) is 0. The Kier molecular flexibility index (Phi) is 4.97. The first-order valence-corrected chi connectivity index (χ1v) is 7.34. The normalized spacial score (nSPS) is 26.4. The summed E-state index contributed by atoms with van der Waals surface area (Å²) in [5.41, 5.74) is 7.56. The van der Waals surface area contributed by atoms with E-state index in [4.69, 9.17) is 10.5 Å². The SMILES string of the molecule is CCOC1CC(CN)(N(CC)Cc2ccccc2)C1. The molecule has 3 nitrogen and oxygen atoms in total. The van der Waals surface area contributed by atoms with Gasteiger partial charge < -0.3 is 10.5 Å². The molecule has 0 amide bonds. The summed E-state index contributed by atoms with van der Waals surface area (Å²) in [6, 6.07) is 10.6. The Morgan fingerprint density at radius 2 is 1.95 bits per heavy atom. The molecule has 0 aliphatic heterocycles. The summed E-state index contributed by atoms with van der Waals surface area (Å²) in [4.78, 5) is 2.51. The van der Waals surface area contributed by atoms with Crippen LogP contribution in [-0.2, 0) is 11.3 Å². The van der Waals surface area contributed by atoms with Crippen LogP contribution < -0.4 is 5.73 Å². The van der Waals surface area contributed by atoms with Gasteiger partial charge in [-0.2, -0.15) is 0 Å². The molecule has 1 aromatic rings. The highest BCUT2D eigenvalue weighted by molar-refractivity contribution is 5.16. The van der Waals surface area contributed by atoms with Crippen LogP contribution in [0.1, 0.15) is 32.3 Å². The number of ether oxygens (including phenoxy) is 1. The summed E-state index contributed by atoms with van der Waals surface area (Å²) in [5, 5.41) is 0. The van der Waals surface area contributed by atoms with Gasteiger partial charge in [0.1, 0.15) is 0 Å². The first kappa shape index (κ1) is 14.5. The van der Waals surface area contributed by atoms with Gasteiger partial charge in [0.2, 0.25) is 0 Å². The van der Waals surface area contributed by atoms with Gasteiger partial charge >= 0.3 is 0 Å². The fourth-order valence-corrected chi connectivity index (χ4v) is 3.11. The number of likely N-dealkylation sites (N-methyl/N-ethyl adjacent to an activating group) is 1. The van der Waals surface area contributed by atoms with Gasteiger partial charge in [-0.1, -0.05) is 37.3 Å². The molecular weight excluding hydrogens is 236 g/mol. The minimum Gasteiger partial charge on any atom is -0.378 e. The van der Waals surface area contributed by atoms with E-state index < -0.39 is 0 Å². The van der Waals surface area contributed by atoms with Gasteiger partial charge in [0, 0.05) is 25.2 Å². The number of nitrogens with zero attached hydrogens (tertiary/aromatic N) is 1. The molecule has 1 aromatic carbocycles. The van der Waals surface area contributed by atoms with E-state index in [-0.39, 0.29) is 5.54 Å². The van der Waals surface area contributed by atoms with Gasteiger partial charge in [0.15, 0.2) is 0 Å². The average Bonchev–Trinajstić information content (AvgIpc) is 2.41. The molecule has 0 atom stereocenters. The molecular formula is C16H26N2O. The molecule has 0 unspecified atom stereocenters. The standard InChI is InChI=1S/C16H26N2O/c1-3-18(12-14-8-6-5-7-9-14)16(13-17)10-15(11-16)19-4-2/h5-9,15H,3-4,10-13,17H2,1-2H3. The zero-order chi connectivity index (χ0) is 13.7. The molecule has 0 aromatic heterocycles. The summed E-state index contributed by atoms with van der Waals surface area (Å²) < 4.78 is 5.70. The van der Waals surface area contributed by atoms with Crippen LogP contribution in [0.25, 0.3) is 0 Å². The number of nitrogens with two attached hydrogens (primary N) is 1. The van der Waals surface area contributed by atoms with E-state index in [0.29, 0.717) is 6.10 Å². The molecule has 1 fully saturated rings. The molecule has 0 radical (unpaired) electrons. The van der Waals surface area contributed by atoms with Crippen molar-refractivity contribution in [3.63, 3.8) is 0 Å². The summed E-state index contributed by atoms with van der Waals surface area (Å²) in [5.74, 6) is 0. The lowest BCUT2D eigenvalue weighted by molar-refractivity contribution is -0.102. The van der Waals surface area contributed by atoms with Gasteiger partial charge in [0.05, 0.1) is 6.10 Å². The second-order valence-corrected chi connectivity index (χ2v) is 5.41. The van der Waals surface area contributed by atoms with E-state index in [9.17, 15) is 0 Å². The molecule has 19 heavy (non-hydrogen) atoms. The third-order valence-corrected chi connectivity index (χ3v) is 4.27. The van der Waals surface area contributed by atoms with Crippen LogP contribution in [0.4, 0.5) is 0 Å². The molecule has 0 spiro atoms. The third kappa shape index (κ3) is 3.16. The van der Waals surface area contributed by atoms with Crippen LogP contribution in [0.5, 0.6) is 0 Å². The zero-order valence-electron chi connectivity index (χ0n) is 12.1. The van der Waals surface area contributed by atoms with Crippen molar-refractivity contribution >= 4 is 0 Å². The van der Waals surface area contributed by atoms with Gasteiger partial charge in [-0.25, -0.2) is 0 Å². The molecule has 0 bridgehead atoms.